The van der Waals surface area contributed by atoms with Crippen molar-refractivity contribution in [3.63, 3.8) is 0 Å². The Kier molecular flexibility index (Phi) is 4.20. The number of hydrogen-bond donors (Lipinski definition) is 1. The molecule has 2 aromatic rings. The van der Waals surface area contributed by atoms with E-state index in [4.69, 9.17) is 5.11 Å². The molecule has 1 N–H and O–H groups in total. The van der Waals surface area contributed by atoms with Crippen LogP contribution in [0.4, 0.5) is 13.2 Å². The van der Waals surface area contributed by atoms with Gasteiger partial charge in [0.15, 0.2) is 0 Å². The summed E-state index contributed by atoms with van der Waals surface area (Å²) in [7, 11) is 0. The van der Waals surface area contributed by atoms with Crippen molar-refractivity contribution in [3.05, 3.63) is 29.6 Å². The molecule has 0 fully saturated rings. The topological polar surface area (TPSA) is 55.1 Å². The van der Waals surface area contributed by atoms with Gasteiger partial charge in [-0.05, 0) is 24.6 Å². The van der Waals surface area contributed by atoms with E-state index in [0.717, 1.165) is 0 Å². The summed E-state index contributed by atoms with van der Waals surface area (Å²) in [5, 5.41) is 8.95. The maximum atomic E-state index is 12.2. The zero-order valence-corrected chi connectivity index (χ0v) is 11.4. The van der Waals surface area contributed by atoms with E-state index in [1.165, 1.54) is 12.1 Å². The summed E-state index contributed by atoms with van der Waals surface area (Å²) in [5.74, 6) is -0.392. The maximum Gasteiger partial charge on any atom is 0.389 e. The van der Waals surface area contributed by atoms with Crippen LogP contribution in [0.1, 0.15) is 35.9 Å². The average molecular weight is 300 g/mol. The second-order valence-corrected chi connectivity index (χ2v) is 4.76. The Morgan fingerprint density at radius 1 is 1.38 bits per heavy atom. The van der Waals surface area contributed by atoms with E-state index in [-0.39, 0.29) is 18.5 Å². The lowest BCUT2D eigenvalue weighted by Crippen LogP contribution is -2.10. The van der Waals surface area contributed by atoms with Gasteiger partial charge >= 0.3 is 12.1 Å². The van der Waals surface area contributed by atoms with Crippen molar-refractivity contribution < 1.29 is 23.1 Å². The number of carboxylic acid groups (broad SMARTS) is 1. The third-order valence-corrected chi connectivity index (χ3v) is 3.23. The first-order valence-electron chi connectivity index (χ1n) is 6.61. The Hall–Kier alpha value is -2.05. The van der Waals surface area contributed by atoms with Gasteiger partial charge in [0, 0.05) is 19.4 Å². The molecular weight excluding hydrogens is 285 g/mol. The van der Waals surface area contributed by atoms with Crippen molar-refractivity contribution in [2.75, 3.05) is 0 Å². The highest BCUT2D eigenvalue weighted by Gasteiger charge is 2.26. The maximum absolute atomic E-state index is 12.2. The Morgan fingerprint density at radius 3 is 2.67 bits per heavy atom. The number of aromatic carboxylic acids is 1. The zero-order valence-electron chi connectivity index (χ0n) is 11.4. The standard InChI is InChI=1S/C14H15F3N2O2/c1-2-12-18-10-8-9(13(20)21)4-5-11(10)19(12)7-3-6-14(15,16)17/h4-5,8H,2-3,6-7H2,1H3,(H,20,21). The number of carbonyl (C=O) groups is 1. The summed E-state index contributed by atoms with van der Waals surface area (Å²) < 4.78 is 38.4. The summed E-state index contributed by atoms with van der Waals surface area (Å²) in [4.78, 5) is 15.2. The quantitative estimate of drug-likeness (QED) is 0.917. The van der Waals surface area contributed by atoms with Gasteiger partial charge in [-0.1, -0.05) is 6.92 Å². The van der Waals surface area contributed by atoms with Crippen molar-refractivity contribution >= 4 is 17.0 Å². The number of fused-ring (bicyclic) bond motifs is 1. The van der Waals surface area contributed by atoms with Crippen LogP contribution in [0.3, 0.4) is 0 Å². The highest BCUT2D eigenvalue weighted by Crippen LogP contribution is 2.24. The molecule has 114 valence electrons. The largest absolute Gasteiger partial charge is 0.478 e. The third kappa shape index (κ3) is 3.53. The van der Waals surface area contributed by atoms with Crippen LogP contribution in [0.25, 0.3) is 11.0 Å². The monoisotopic (exact) mass is 300 g/mol. The molecule has 7 heteroatoms. The molecule has 0 unspecified atom stereocenters. The number of aromatic nitrogens is 2. The number of rotatable bonds is 5. The van der Waals surface area contributed by atoms with Crippen molar-refractivity contribution in [1.29, 1.82) is 0 Å². The summed E-state index contributed by atoms with van der Waals surface area (Å²) in [6.07, 6.45) is -4.46. The summed E-state index contributed by atoms with van der Waals surface area (Å²) >= 11 is 0. The van der Waals surface area contributed by atoms with Crippen LogP contribution in [0, 0.1) is 0 Å². The van der Waals surface area contributed by atoms with Gasteiger partial charge in [-0.25, -0.2) is 9.78 Å². The average Bonchev–Trinajstić information content (AvgIpc) is 2.74. The Bertz CT molecular complexity index is 662. The minimum atomic E-state index is -4.17. The fraction of sp³-hybridized carbons (Fsp3) is 0.429. The van der Waals surface area contributed by atoms with Crippen LogP contribution in [-0.2, 0) is 13.0 Å². The molecule has 0 saturated carbocycles. The SMILES string of the molecule is CCc1nc2cc(C(=O)O)ccc2n1CCCC(F)(F)F. The molecule has 0 aliphatic heterocycles. The molecule has 0 radical (unpaired) electrons. The summed E-state index contributed by atoms with van der Waals surface area (Å²) in [5.41, 5.74) is 1.28. The second-order valence-electron chi connectivity index (χ2n) is 4.76. The molecule has 0 saturated heterocycles. The molecule has 21 heavy (non-hydrogen) atoms. The van der Waals surface area contributed by atoms with Gasteiger partial charge in [0.25, 0.3) is 0 Å². The number of alkyl halides is 3. The van der Waals surface area contributed by atoms with E-state index >= 15 is 0 Å². The lowest BCUT2D eigenvalue weighted by Gasteiger charge is -2.10. The highest BCUT2D eigenvalue weighted by atomic mass is 19.4. The summed E-state index contributed by atoms with van der Waals surface area (Å²) in [6.45, 7) is 2.07. The first kappa shape index (κ1) is 15.3. The number of nitrogens with zero attached hydrogens (tertiary/aromatic N) is 2. The fourth-order valence-electron chi connectivity index (χ4n) is 2.27. The predicted molar refractivity (Wildman–Crippen MR) is 71.4 cm³/mol. The van der Waals surface area contributed by atoms with Gasteiger partial charge in [-0.15, -0.1) is 0 Å². The minimum absolute atomic E-state index is 0.0252. The van der Waals surface area contributed by atoms with E-state index in [1.54, 1.807) is 10.6 Å². The number of halogens is 3. The van der Waals surface area contributed by atoms with Crippen LogP contribution < -0.4 is 0 Å². The van der Waals surface area contributed by atoms with Crippen LogP contribution in [-0.4, -0.2) is 26.8 Å². The molecule has 4 nitrogen and oxygen atoms in total. The van der Waals surface area contributed by atoms with Gasteiger partial charge in [0.1, 0.15) is 5.82 Å². The molecule has 0 atom stereocenters. The van der Waals surface area contributed by atoms with E-state index < -0.39 is 18.6 Å². The molecule has 0 aliphatic rings. The van der Waals surface area contributed by atoms with E-state index in [1.807, 2.05) is 6.92 Å². The minimum Gasteiger partial charge on any atom is -0.478 e. The van der Waals surface area contributed by atoms with E-state index in [9.17, 15) is 18.0 Å². The van der Waals surface area contributed by atoms with Crippen molar-refractivity contribution in [1.82, 2.24) is 9.55 Å². The molecule has 0 amide bonds. The lowest BCUT2D eigenvalue weighted by atomic mass is 10.2. The second kappa shape index (κ2) is 5.75. The Labute approximate surface area is 119 Å². The van der Waals surface area contributed by atoms with E-state index in [2.05, 4.69) is 4.98 Å². The van der Waals surface area contributed by atoms with Crippen LogP contribution in [0.15, 0.2) is 18.2 Å². The summed E-state index contributed by atoms with van der Waals surface area (Å²) in [6, 6.07) is 4.47. The van der Waals surface area contributed by atoms with Crippen LogP contribution >= 0.6 is 0 Å². The molecular formula is C14H15F3N2O2. The lowest BCUT2D eigenvalue weighted by molar-refractivity contribution is -0.135. The Morgan fingerprint density at radius 2 is 2.10 bits per heavy atom. The van der Waals surface area contributed by atoms with Crippen molar-refractivity contribution in [2.24, 2.45) is 0 Å². The van der Waals surface area contributed by atoms with Crippen molar-refractivity contribution in [2.45, 2.75) is 38.9 Å². The normalized spacial score (nSPS) is 12.0. The molecule has 1 heterocycles. The Balaban J connectivity index is 2.31. The molecule has 1 aromatic heterocycles. The first-order valence-corrected chi connectivity index (χ1v) is 6.61. The number of hydrogen-bond acceptors (Lipinski definition) is 2. The zero-order chi connectivity index (χ0) is 15.6. The molecule has 2 rings (SSSR count). The van der Waals surface area contributed by atoms with Crippen LogP contribution in [0.5, 0.6) is 0 Å². The van der Waals surface area contributed by atoms with Gasteiger partial charge in [-0.2, -0.15) is 13.2 Å². The van der Waals surface area contributed by atoms with Gasteiger partial charge < -0.3 is 9.67 Å². The number of aryl methyl sites for hydroxylation is 2. The number of imidazole rings is 1. The first-order chi connectivity index (χ1) is 9.81. The smallest absolute Gasteiger partial charge is 0.389 e. The molecule has 0 bridgehead atoms. The van der Waals surface area contributed by atoms with Gasteiger partial charge in [-0.3, -0.25) is 0 Å². The number of carboxylic acids is 1. The van der Waals surface area contributed by atoms with Crippen LogP contribution in [0.2, 0.25) is 0 Å². The van der Waals surface area contributed by atoms with Gasteiger partial charge in [0.05, 0.1) is 16.6 Å². The predicted octanol–water partition coefficient (Wildman–Crippen LogP) is 3.64. The van der Waals surface area contributed by atoms with Crippen molar-refractivity contribution in [3.8, 4) is 0 Å². The number of benzene rings is 1. The fourth-order valence-corrected chi connectivity index (χ4v) is 2.27. The third-order valence-electron chi connectivity index (χ3n) is 3.23. The molecule has 1 aromatic carbocycles. The van der Waals surface area contributed by atoms with E-state index in [0.29, 0.717) is 23.3 Å². The van der Waals surface area contributed by atoms with Gasteiger partial charge in [0.2, 0.25) is 0 Å². The highest BCUT2D eigenvalue weighted by molar-refractivity contribution is 5.92. The molecule has 0 spiro atoms. The molecule has 0 aliphatic carbocycles.